The van der Waals surface area contributed by atoms with Crippen molar-refractivity contribution in [3.8, 4) is 0 Å². The standard InChI is InChI=1S/C19H23N3O4S/c1-3-26-18(24)8-10-22(13-15-5-4-9-20-11-15)17(23)12-21-19(25)16-7-6-14(2)27-16/h4-7,9,11H,3,8,10,12-13H2,1-2H3,(H,21,25). The molecule has 0 atom stereocenters. The number of carbonyl (C=O) groups excluding carboxylic acids is 3. The van der Waals surface area contributed by atoms with Gasteiger partial charge in [0.05, 0.1) is 24.4 Å². The number of rotatable bonds is 9. The Morgan fingerprint density at radius 2 is 2.07 bits per heavy atom. The van der Waals surface area contributed by atoms with Crippen molar-refractivity contribution in [3.05, 3.63) is 52.0 Å². The van der Waals surface area contributed by atoms with E-state index in [9.17, 15) is 14.4 Å². The molecule has 0 aromatic carbocycles. The molecule has 8 heteroatoms. The lowest BCUT2D eigenvalue weighted by atomic mass is 10.2. The van der Waals surface area contributed by atoms with E-state index in [1.54, 1.807) is 31.5 Å². The Hall–Kier alpha value is -2.74. The Balaban J connectivity index is 1.96. The van der Waals surface area contributed by atoms with Crippen molar-refractivity contribution >= 4 is 29.1 Å². The Kier molecular flexibility index (Phi) is 7.94. The van der Waals surface area contributed by atoms with Crippen LogP contribution in [0.15, 0.2) is 36.7 Å². The zero-order valence-electron chi connectivity index (χ0n) is 15.4. The third kappa shape index (κ3) is 6.82. The summed E-state index contributed by atoms with van der Waals surface area (Å²) in [5.74, 6) is -0.919. The van der Waals surface area contributed by atoms with Crippen molar-refractivity contribution in [2.45, 2.75) is 26.8 Å². The normalized spacial score (nSPS) is 10.3. The van der Waals surface area contributed by atoms with E-state index in [2.05, 4.69) is 10.3 Å². The second kappa shape index (κ2) is 10.4. The van der Waals surface area contributed by atoms with Crippen molar-refractivity contribution in [2.24, 2.45) is 0 Å². The number of esters is 1. The first-order valence-corrected chi connectivity index (χ1v) is 9.48. The third-order valence-electron chi connectivity index (χ3n) is 3.70. The van der Waals surface area contributed by atoms with Gasteiger partial charge in [-0.1, -0.05) is 6.07 Å². The van der Waals surface area contributed by atoms with Crippen molar-refractivity contribution in [1.82, 2.24) is 15.2 Å². The Morgan fingerprint density at radius 3 is 2.70 bits per heavy atom. The van der Waals surface area contributed by atoms with Gasteiger partial charge in [-0.05, 0) is 37.6 Å². The van der Waals surface area contributed by atoms with Crippen LogP contribution in [0.5, 0.6) is 0 Å². The number of aromatic nitrogens is 1. The average Bonchev–Trinajstić information content (AvgIpc) is 3.10. The molecular weight excluding hydrogens is 366 g/mol. The number of ether oxygens (including phenoxy) is 1. The van der Waals surface area contributed by atoms with Gasteiger partial charge in [0.25, 0.3) is 5.91 Å². The predicted molar refractivity (Wildman–Crippen MR) is 102 cm³/mol. The second-order valence-electron chi connectivity index (χ2n) is 5.82. The van der Waals surface area contributed by atoms with Crippen molar-refractivity contribution in [2.75, 3.05) is 19.7 Å². The molecule has 0 radical (unpaired) electrons. The fraction of sp³-hybridized carbons (Fsp3) is 0.368. The van der Waals surface area contributed by atoms with E-state index in [1.807, 2.05) is 19.1 Å². The molecule has 2 rings (SSSR count). The van der Waals surface area contributed by atoms with Crippen LogP contribution < -0.4 is 5.32 Å². The van der Waals surface area contributed by atoms with Crippen LogP contribution in [-0.4, -0.2) is 47.4 Å². The third-order valence-corrected chi connectivity index (χ3v) is 4.70. The first-order chi connectivity index (χ1) is 13.0. The first-order valence-electron chi connectivity index (χ1n) is 8.66. The van der Waals surface area contributed by atoms with Crippen LogP contribution in [0.3, 0.4) is 0 Å². The van der Waals surface area contributed by atoms with Gasteiger partial charge in [-0.25, -0.2) is 0 Å². The molecule has 0 aliphatic carbocycles. The fourth-order valence-electron chi connectivity index (χ4n) is 2.37. The van der Waals surface area contributed by atoms with Crippen LogP contribution in [0.25, 0.3) is 0 Å². The topological polar surface area (TPSA) is 88.6 Å². The highest BCUT2D eigenvalue weighted by molar-refractivity contribution is 7.13. The maximum atomic E-state index is 12.6. The summed E-state index contributed by atoms with van der Waals surface area (Å²) in [4.78, 5) is 43.5. The molecule has 7 nitrogen and oxygen atoms in total. The smallest absolute Gasteiger partial charge is 0.307 e. The van der Waals surface area contributed by atoms with Crippen LogP contribution >= 0.6 is 11.3 Å². The number of carbonyl (C=O) groups is 3. The Morgan fingerprint density at radius 1 is 1.26 bits per heavy atom. The molecule has 2 aromatic heterocycles. The summed E-state index contributed by atoms with van der Waals surface area (Å²) in [6.07, 6.45) is 3.41. The average molecular weight is 389 g/mol. The molecule has 0 spiro atoms. The SMILES string of the molecule is CCOC(=O)CCN(Cc1cccnc1)C(=O)CNC(=O)c1ccc(C)s1. The van der Waals surface area contributed by atoms with Crippen molar-refractivity contribution < 1.29 is 19.1 Å². The predicted octanol–water partition coefficient (Wildman–Crippen LogP) is 2.16. The number of amides is 2. The second-order valence-corrected chi connectivity index (χ2v) is 7.11. The van der Waals surface area contributed by atoms with Crippen LogP contribution in [0.4, 0.5) is 0 Å². The quantitative estimate of drug-likeness (QED) is 0.664. The molecule has 2 amide bonds. The van der Waals surface area contributed by atoms with Gasteiger partial charge in [0.2, 0.25) is 5.91 Å². The van der Waals surface area contributed by atoms with Crippen LogP contribution in [0.2, 0.25) is 0 Å². The molecule has 0 bridgehead atoms. The van der Waals surface area contributed by atoms with Gasteiger partial charge in [-0.3, -0.25) is 19.4 Å². The minimum Gasteiger partial charge on any atom is -0.466 e. The number of nitrogens with zero attached hydrogens (tertiary/aromatic N) is 2. The summed E-state index contributed by atoms with van der Waals surface area (Å²) in [5, 5.41) is 2.64. The van der Waals surface area contributed by atoms with E-state index in [-0.39, 0.29) is 37.3 Å². The molecule has 27 heavy (non-hydrogen) atoms. The summed E-state index contributed by atoms with van der Waals surface area (Å²) in [7, 11) is 0. The van der Waals surface area contributed by atoms with Gasteiger partial charge < -0.3 is 15.0 Å². The monoisotopic (exact) mass is 389 g/mol. The highest BCUT2D eigenvalue weighted by Crippen LogP contribution is 2.14. The molecule has 0 saturated heterocycles. The first kappa shape index (κ1) is 20.6. The van der Waals surface area contributed by atoms with Gasteiger partial charge in [0.1, 0.15) is 0 Å². The maximum absolute atomic E-state index is 12.6. The highest BCUT2D eigenvalue weighted by Gasteiger charge is 2.18. The van der Waals surface area contributed by atoms with E-state index in [0.717, 1.165) is 10.4 Å². The van der Waals surface area contributed by atoms with Gasteiger partial charge in [-0.15, -0.1) is 11.3 Å². The molecule has 0 unspecified atom stereocenters. The molecule has 0 aliphatic heterocycles. The fourth-order valence-corrected chi connectivity index (χ4v) is 3.16. The van der Waals surface area contributed by atoms with E-state index >= 15 is 0 Å². The van der Waals surface area contributed by atoms with Crippen molar-refractivity contribution in [1.29, 1.82) is 0 Å². The summed E-state index contributed by atoms with van der Waals surface area (Å²) in [6.45, 7) is 4.32. The minimum absolute atomic E-state index is 0.0951. The lowest BCUT2D eigenvalue weighted by molar-refractivity contribution is -0.144. The zero-order chi connectivity index (χ0) is 19.6. The molecule has 144 valence electrons. The van der Waals surface area contributed by atoms with Crippen LogP contribution in [-0.2, 0) is 20.9 Å². The molecule has 0 saturated carbocycles. The summed E-state index contributed by atoms with van der Waals surface area (Å²) in [5.41, 5.74) is 0.843. The number of aryl methyl sites for hydroxylation is 1. The summed E-state index contributed by atoms with van der Waals surface area (Å²) < 4.78 is 4.92. The minimum atomic E-state index is -0.361. The van der Waals surface area contributed by atoms with Gasteiger partial charge in [0, 0.05) is 30.4 Å². The number of nitrogens with one attached hydrogen (secondary N) is 1. The number of hydrogen-bond donors (Lipinski definition) is 1. The number of thiophene rings is 1. The lowest BCUT2D eigenvalue weighted by Crippen LogP contribution is -2.40. The van der Waals surface area contributed by atoms with E-state index in [0.29, 0.717) is 18.0 Å². The molecule has 2 heterocycles. The van der Waals surface area contributed by atoms with Gasteiger partial charge in [-0.2, -0.15) is 0 Å². The number of pyridine rings is 1. The lowest BCUT2D eigenvalue weighted by Gasteiger charge is -2.22. The number of hydrogen-bond acceptors (Lipinski definition) is 6. The highest BCUT2D eigenvalue weighted by atomic mass is 32.1. The molecule has 0 fully saturated rings. The summed E-state index contributed by atoms with van der Waals surface area (Å²) in [6, 6.07) is 7.22. The Bertz CT molecular complexity index is 776. The van der Waals surface area contributed by atoms with Crippen LogP contribution in [0, 0.1) is 6.92 Å². The Labute approximate surface area is 162 Å². The molecule has 1 N–H and O–H groups in total. The van der Waals surface area contributed by atoms with Crippen molar-refractivity contribution in [3.63, 3.8) is 0 Å². The maximum Gasteiger partial charge on any atom is 0.307 e. The molecular formula is C19H23N3O4S. The molecule has 0 aliphatic rings. The largest absolute Gasteiger partial charge is 0.466 e. The van der Waals surface area contributed by atoms with Crippen LogP contribution in [0.1, 0.15) is 33.5 Å². The van der Waals surface area contributed by atoms with E-state index in [4.69, 9.17) is 4.74 Å². The van der Waals surface area contributed by atoms with Gasteiger partial charge >= 0.3 is 5.97 Å². The van der Waals surface area contributed by atoms with E-state index < -0.39 is 0 Å². The molecule has 2 aromatic rings. The van der Waals surface area contributed by atoms with Gasteiger partial charge in [0.15, 0.2) is 0 Å². The summed E-state index contributed by atoms with van der Waals surface area (Å²) >= 11 is 1.37. The van der Waals surface area contributed by atoms with E-state index in [1.165, 1.54) is 16.2 Å². The zero-order valence-corrected chi connectivity index (χ0v) is 16.3.